The van der Waals surface area contributed by atoms with E-state index in [2.05, 4.69) is 5.16 Å². The molecule has 0 saturated carbocycles. The van der Waals surface area contributed by atoms with Gasteiger partial charge in [0.05, 0.1) is 32.8 Å². The van der Waals surface area contributed by atoms with Gasteiger partial charge in [-0.3, -0.25) is 4.89 Å². The minimum atomic E-state index is -1.64. The van der Waals surface area contributed by atoms with Gasteiger partial charge in [0.25, 0.3) is 0 Å². The Morgan fingerprint density at radius 2 is 1.38 bits per heavy atom. The molecule has 2 N–H and O–H groups in total. The first-order chi connectivity index (χ1) is 8.84. The third-order valence-corrected chi connectivity index (χ3v) is 1.34. The average Bonchev–Trinajstić information content (AvgIpc) is 2.25. The molecule has 7 heteroatoms. The van der Waals surface area contributed by atoms with Gasteiger partial charge in [-0.15, -0.1) is 0 Å². The van der Waals surface area contributed by atoms with Crippen LogP contribution >= 0.6 is 14.6 Å². The minimum absolute atomic E-state index is 0. The SMILES string of the molecule is C/C(=N/O)c1ccccc1.CP(C)(C)=O.C[P+](C)(C)O.[Cu+]. The summed E-state index contributed by atoms with van der Waals surface area (Å²) >= 11 is 0. The van der Waals surface area contributed by atoms with Crippen molar-refractivity contribution >= 4 is 20.3 Å². The van der Waals surface area contributed by atoms with Crippen molar-refractivity contribution in [2.24, 2.45) is 5.16 Å². The first-order valence-corrected chi connectivity index (χ1v) is 12.3. The summed E-state index contributed by atoms with van der Waals surface area (Å²) < 4.78 is 10.2. The van der Waals surface area contributed by atoms with Crippen LogP contribution in [0.5, 0.6) is 0 Å². The molecule has 1 aromatic rings. The largest absolute Gasteiger partial charge is 1.00 e. The van der Waals surface area contributed by atoms with Crippen LogP contribution in [0.3, 0.4) is 0 Å². The summed E-state index contributed by atoms with van der Waals surface area (Å²) in [5.41, 5.74) is 1.59. The molecule has 126 valence electrons. The molecule has 0 atom stereocenters. The van der Waals surface area contributed by atoms with E-state index in [1.54, 1.807) is 26.9 Å². The van der Waals surface area contributed by atoms with E-state index in [-0.39, 0.29) is 17.1 Å². The van der Waals surface area contributed by atoms with Crippen molar-refractivity contribution in [1.29, 1.82) is 0 Å². The van der Waals surface area contributed by atoms with Gasteiger partial charge in [0.15, 0.2) is 0 Å². The van der Waals surface area contributed by atoms with Gasteiger partial charge in [-0.05, 0) is 32.5 Å². The third kappa shape index (κ3) is 33.0. The molecular formula is C14H28CuNO3P2+2. The second kappa shape index (κ2) is 12.4. The van der Waals surface area contributed by atoms with Gasteiger partial charge in [-0.1, -0.05) is 35.5 Å². The predicted octanol–water partition coefficient (Wildman–Crippen LogP) is 3.92. The van der Waals surface area contributed by atoms with Crippen LogP contribution in [0.4, 0.5) is 0 Å². The van der Waals surface area contributed by atoms with Crippen LogP contribution in [0.15, 0.2) is 35.5 Å². The Morgan fingerprint density at radius 1 is 1.10 bits per heavy atom. The van der Waals surface area contributed by atoms with E-state index in [0.717, 1.165) is 5.56 Å². The third-order valence-electron chi connectivity index (χ3n) is 1.34. The van der Waals surface area contributed by atoms with Crippen LogP contribution in [0.2, 0.25) is 0 Å². The maximum Gasteiger partial charge on any atom is 1.00 e. The number of rotatable bonds is 1. The van der Waals surface area contributed by atoms with E-state index in [1.807, 2.05) is 50.3 Å². The molecule has 1 aromatic carbocycles. The van der Waals surface area contributed by atoms with Gasteiger partial charge in [-0.25, -0.2) is 0 Å². The van der Waals surface area contributed by atoms with Crippen LogP contribution in [0.1, 0.15) is 12.5 Å². The van der Waals surface area contributed by atoms with Crippen molar-refractivity contribution in [1.82, 2.24) is 0 Å². The normalized spacial score (nSPS) is 11.1. The minimum Gasteiger partial charge on any atom is -0.411 e. The quantitative estimate of drug-likeness (QED) is 0.254. The van der Waals surface area contributed by atoms with Gasteiger partial charge < -0.3 is 9.77 Å². The summed E-state index contributed by atoms with van der Waals surface area (Å²) in [4.78, 5) is 8.63. The van der Waals surface area contributed by atoms with Crippen molar-refractivity contribution in [3.05, 3.63) is 35.9 Å². The fourth-order valence-corrected chi connectivity index (χ4v) is 0.737. The molecule has 0 radical (unpaired) electrons. The Bertz CT molecular complexity index is 425. The molecule has 0 aliphatic carbocycles. The molecule has 0 aliphatic heterocycles. The van der Waals surface area contributed by atoms with Crippen molar-refractivity contribution in [2.75, 3.05) is 40.0 Å². The standard InChI is InChI=1S/C8H9NO.C3H10OP.C3H9OP.Cu/c1-7(9-10)8-5-3-2-4-6-8;2*1-5(2,3)4;/h2-6,10H,1H3;4H,1-3H3;1-3H3;/q;+1;;+1/b9-7-;;;. The Balaban J connectivity index is -0.000000254. The monoisotopic (exact) mass is 383 g/mol. The Morgan fingerprint density at radius 3 is 1.62 bits per heavy atom. The van der Waals surface area contributed by atoms with Gasteiger partial charge in [0.1, 0.15) is 7.49 Å². The number of hydrogen-bond donors (Lipinski definition) is 2. The molecule has 0 aliphatic rings. The van der Waals surface area contributed by atoms with Crippen molar-refractivity contribution < 1.29 is 31.7 Å². The first kappa shape index (κ1) is 25.8. The molecule has 0 heterocycles. The number of benzene rings is 1. The zero-order valence-electron chi connectivity index (χ0n) is 13.8. The maximum absolute atomic E-state index is 10.2. The molecule has 0 unspecified atom stereocenters. The van der Waals surface area contributed by atoms with Gasteiger partial charge in [0.2, 0.25) is 0 Å². The van der Waals surface area contributed by atoms with Crippen LogP contribution < -0.4 is 0 Å². The van der Waals surface area contributed by atoms with E-state index in [4.69, 9.17) is 10.1 Å². The van der Waals surface area contributed by atoms with E-state index in [1.165, 1.54) is 0 Å². The summed E-state index contributed by atoms with van der Waals surface area (Å²) in [5.74, 6) is 0. The Labute approximate surface area is 140 Å². The van der Waals surface area contributed by atoms with Crippen LogP contribution in [-0.2, 0) is 21.6 Å². The Kier molecular flexibility index (Phi) is 15.2. The molecule has 0 amide bonds. The van der Waals surface area contributed by atoms with Crippen molar-refractivity contribution in [2.45, 2.75) is 6.92 Å². The topological polar surface area (TPSA) is 69.9 Å². The molecule has 0 bridgehead atoms. The van der Waals surface area contributed by atoms with Crippen molar-refractivity contribution in [3.8, 4) is 0 Å². The van der Waals surface area contributed by atoms with Crippen LogP contribution in [-0.4, -0.2) is 55.8 Å². The molecule has 1 rings (SSSR count). The maximum atomic E-state index is 10.2. The van der Waals surface area contributed by atoms with E-state index >= 15 is 0 Å². The smallest absolute Gasteiger partial charge is 0.411 e. The van der Waals surface area contributed by atoms with Gasteiger partial charge in [-0.2, -0.15) is 0 Å². The van der Waals surface area contributed by atoms with Crippen LogP contribution in [0.25, 0.3) is 0 Å². The van der Waals surface area contributed by atoms with E-state index in [0.29, 0.717) is 5.71 Å². The summed E-state index contributed by atoms with van der Waals surface area (Å²) in [6, 6.07) is 9.53. The number of hydrogen-bond acceptors (Lipinski definition) is 4. The van der Waals surface area contributed by atoms with E-state index < -0.39 is 14.6 Å². The zero-order valence-corrected chi connectivity index (χ0v) is 16.6. The molecule has 0 spiro atoms. The molecule has 0 saturated heterocycles. The first-order valence-electron chi connectivity index (χ1n) is 6.15. The number of nitrogens with zero attached hydrogens (tertiary/aromatic N) is 1. The summed E-state index contributed by atoms with van der Waals surface area (Å²) in [7, 11) is -3.03. The molecular weight excluding hydrogens is 356 g/mol. The van der Waals surface area contributed by atoms with Gasteiger partial charge in [0, 0.05) is 0 Å². The second-order valence-corrected chi connectivity index (χ2v) is 13.5. The molecule has 0 fully saturated rings. The summed E-state index contributed by atoms with van der Waals surface area (Å²) in [6.45, 7) is 12.6. The Hall–Kier alpha value is -0.171. The van der Waals surface area contributed by atoms with E-state index in [9.17, 15) is 4.57 Å². The summed E-state index contributed by atoms with van der Waals surface area (Å²) in [5, 5.41) is 11.5. The molecule has 4 nitrogen and oxygen atoms in total. The zero-order chi connectivity index (χ0) is 16.4. The van der Waals surface area contributed by atoms with Gasteiger partial charge >= 0.3 is 17.1 Å². The average molecular weight is 384 g/mol. The fraction of sp³-hybridized carbons (Fsp3) is 0.500. The molecule has 21 heavy (non-hydrogen) atoms. The number of oxime groups is 1. The predicted molar refractivity (Wildman–Crippen MR) is 92.7 cm³/mol. The fourth-order valence-electron chi connectivity index (χ4n) is 0.737. The van der Waals surface area contributed by atoms with Crippen LogP contribution in [0, 0.1) is 0 Å². The van der Waals surface area contributed by atoms with Crippen molar-refractivity contribution in [3.63, 3.8) is 0 Å². The molecule has 0 aromatic heterocycles. The summed E-state index contributed by atoms with van der Waals surface area (Å²) in [6.07, 6.45) is 0. The second-order valence-electron chi connectivity index (χ2n) is 5.88.